The van der Waals surface area contributed by atoms with Gasteiger partial charge in [-0.3, -0.25) is 9.55 Å². The molecular formula is C15H12BrN3. The van der Waals surface area contributed by atoms with E-state index in [4.69, 9.17) is 0 Å². The van der Waals surface area contributed by atoms with Crippen LogP contribution in [0, 0.1) is 6.92 Å². The van der Waals surface area contributed by atoms with E-state index in [0.717, 1.165) is 27.2 Å². The minimum Gasteiger partial charge on any atom is -0.298 e. The molecule has 3 rings (SSSR count). The van der Waals surface area contributed by atoms with Gasteiger partial charge in [-0.2, -0.15) is 0 Å². The van der Waals surface area contributed by atoms with Gasteiger partial charge in [0.15, 0.2) is 0 Å². The predicted octanol–water partition coefficient (Wildman–Crippen LogP) is 4.01. The van der Waals surface area contributed by atoms with Crippen molar-refractivity contribution in [3.05, 3.63) is 65.2 Å². The van der Waals surface area contributed by atoms with Crippen LogP contribution >= 0.6 is 15.9 Å². The molecule has 0 bridgehead atoms. The molecule has 2 aromatic heterocycles. The molecule has 0 aliphatic heterocycles. The molecule has 19 heavy (non-hydrogen) atoms. The molecule has 0 unspecified atom stereocenters. The van der Waals surface area contributed by atoms with Gasteiger partial charge in [0, 0.05) is 28.6 Å². The fourth-order valence-corrected chi connectivity index (χ4v) is 2.47. The van der Waals surface area contributed by atoms with Crippen LogP contribution < -0.4 is 0 Å². The number of rotatable bonds is 2. The number of nitrogens with zero attached hydrogens (tertiary/aromatic N) is 3. The molecule has 0 saturated carbocycles. The molecule has 2 heterocycles. The lowest BCUT2D eigenvalue weighted by atomic mass is 10.2. The SMILES string of the molecule is Cc1ncccc1-n1ccnc1-c1cccc(Br)c1. The van der Waals surface area contributed by atoms with Gasteiger partial charge in [0.25, 0.3) is 0 Å². The Morgan fingerprint density at radius 3 is 2.74 bits per heavy atom. The van der Waals surface area contributed by atoms with E-state index in [0.29, 0.717) is 0 Å². The molecule has 0 aliphatic carbocycles. The average molecular weight is 314 g/mol. The van der Waals surface area contributed by atoms with Crippen LogP contribution in [0.4, 0.5) is 0 Å². The maximum absolute atomic E-state index is 4.46. The van der Waals surface area contributed by atoms with Crippen LogP contribution in [0.3, 0.4) is 0 Å². The normalized spacial score (nSPS) is 10.6. The summed E-state index contributed by atoms with van der Waals surface area (Å²) in [6.07, 6.45) is 5.57. The van der Waals surface area contributed by atoms with Crippen LogP contribution in [0.25, 0.3) is 17.1 Å². The zero-order chi connectivity index (χ0) is 13.2. The minimum atomic E-state index is 0.914. The lowest BCUT2D eigenvalue weighted by Crippen LogP contribution is -1.99. The maximum atomic E-state index is 4.46. The van der Waals surface area contributed by atoms with E-state index < -0.39 is 0 Å². The van der Waals surface area contributed by atoms with Crippen molar-refractivity contribution < 1.29 is 0 Å². The number of pyridine rings is 1. The first-order valence-corrected chi connectivity index (χ1v) is 6.76. The Morgan fingerprint density at radius 1 is 1.05 bits per heavy atom. The Balaban J connectivity index is 2.16. The first kappa shape index (κ1) is 12.1. The van der Waals surface area contributed by atoms with Gasteiger partial charge in [0.05, 0.1) is 11.4 Å². The van der Waals surface area contributed by atoms with Gasteiger partial charge in [-0.25, -0.2) is 4.98 Å². The highest BCUT2D eigenvalue weighted by atomic mass is 79.9. The average Bonchev–Trinajstić information content (AvgIpc) is 2.88. The fourth-order valence-electron chi connectivity index (χ4n) is 2.07. The van der Waals surface area contributed by atoms with E-state index in [-0.39, 0.29) is 0 Å². The number of aryl methyl sites for hydroxylation is 1. The zero-order valence-electron chi connectivity index (χ0n) is 10.4. The van der Waals surface area contributed by atoms with Gasteiger partial charge in [0.1, 0.15) is 5.82 Å². The van der Waals surface area contributed by atoms with Crippen molar-refractivity contribution in [3.63, 3.8) is 0 Å². The second-order valence-corrected chi connectivity index (χ2v) is 5.15. The summed E-state index contributed by atoms with van der Waals surface area (Å²) >= 11 is 3.49. The Kier molecular flexibility index (Phi) is 3.17. The molecule has 0 fully saturated rings. The summed E-state index contributed by atoms with van der Waals surface area (Å²) < 4.78 is 3.10. The molecule has 3 aromatic rings. The first-order valence-electron chi connectivity index (χ1n) is 5.97. The quantitative estimate of drug-likeness (QED) is 0.715. The largest absolute Gasteiger partial charge is 0.298 e. The van der Waals surface area contributed by atoms with Crippen molar-refractivity contribution in [1.29, 1.82) is 0 Å². The van der Waals surface area contributed by atoms with Crippen molar-refractivity contribution in [2.75, 3.05) is 0 Å². The van der Waals surface area contributed by atoms with Crippen molar-refractivity contribution in [1.82, 2.24) is 14.5 Å². The molecule has 0 saturated heterocycles. The van der Waals surface area contributed by atoms with E-state index in [1.807, 2.05) is 43.6 Å². The number of benzene rings is 1. The van der Waals surface area contributed by atoms with Crippen LogP contribution in [0.1, 0.15) is 5.69 Å². The highest BCUT2D eigenvalue weighted by Gasteiger charge is 2.09. The third-order valence-electron chi connectivity index (χ3n) is 2.96. The lowest BCUT2D eigenvalue weighted by Gasteiger charge is -2.10. The monoisotopic (exact) mass is 313 g/mol. The topological polar surface area (TPSA) is 30.7 Å². The molecule has 1 aromatic carbocycles. The second kappa shape index (κ2) is 4.97. The van der Waals surface area contributed by atoms with Crippen molar-refractivity contribution >= 4 is 15.9 Å². The third-order valence-corrected chi connectivity index (χ3v) is 3.46. The molecule has 94 valence electrons. The maximum Gasteiger partial charge on any atom is 0.144 e. The fraction of sp³-hybridized carbons (Fsp3) is 0.0667. The lowest BCUT2D eigenvalue weighted by molar-refractivity contribution is 1.02. The summed E-state index contributed by atoms with van der Waals surface area (Å²) in [4.78, 5) is 8.79. The Labute approximate surface area is 120 Å². The standard InChI is InChI=1S/C15H12BrN3/c1-11-14(6-3-7-17-11)19-9-8-18-15(19)12-4-2-5-13(16)10-12/h2-10H,1H3. The number of hydrogen-bond acceptors (Lipinski definition) is 2. The molecule has 0 aliphatic rings. The first-order chi connectivity index (χ1) is 9.25. The number of aromatic nitrogens is 3. The highest BCUT2D eigenvalue weighted by Crippen LogP contribution is 2.24. The van der Waals surface area contributed by atoms with Gasteiger partial charge < -0.3 is 0 Å². The molecule has 0 amide bonds. The van der Waals surface area contributed by atoms with E-state index >= 15 is 0 Å². The molecule has 3 nitrogen and oxygen atoms in total. The Hall–Kier alpha value is -1.94. The van der Waals surface area contributed by atoms with Gasteiger partial charge in [0.2, 0.25) is 0 Å². The summed E-state index contributed by atoms with van der Waals surface area (Å²) in [7, 11) is 0. The molecule has 4 heteroatoms. The van der Waals surface area contributed by atoms with E-state index in [1.165, 1.54) is 0 Å². The van der Waals surface area contributed by atoms with Crippen molar-refractivity contribution in [2.45, 2.75) is 6.92 Å². The predicted molar refractivity (Wildman–Crippen MR) is 79.2 cm³/mol. The van der Waals surface area contributed by atoms with Gasteiger partial charge >= 0.3 is 0 Å². The smallest absolute Gasteiger partial charge is 0.144 e. The van der Waals surface area contributed by atoms with Gasteiger partial charge in [-0.15, -0.1) is 0 Å². The second-order valence-electron chi connectivity index (χ2n) is 4.24. The summed E-state index contributed by atoms with van der Waals surface area (Å²) in [5.74, 6) is 0.914. The number of imidazole rings is 1. The van der Waals surface area contributed by atoms with Gasteiger partial charge in [-0.1, -0.05) is 28.1 Å². The van der Waals surface area contributed by atoms with Crippen LogP contribution in [0.15, 0.2) is 59.5 Å². The van der Waals surface area contributed by atoms with Gasteiger partial charge in [-0.05, 0) is 31.2 Å². The van der Waals surface area contributed by atoms with Crippen molar-refractivity contribution in [2.24, 2.45) is 0 Å². The Bertz CT molecular complexity index is 719. The molecular weight excluding hydrogens is 302 g/mol. The van der Waals surface area contributed by atoms with E-state index in [9.17, 15) is 0 Å². The minimum absolute atomic E-state index is 0.914. The molecule has 0 spiro atoms. The van der Waals surface area contributed by atoms with Crippen LogP contribution in [-0.4, -0.2) is 14.5 Å². The van der Waals surface area contributed by atoms with E-state index in [1.54, 1.807) is 6.20 Å². The molecule has 0 radical (unpaired) electrons. The highest BCUT2D eigenvalue weighted by molar-refractivity contribution is 9.10. The summed E-state index contributed by atoms with van der Waals surface area (Å²) in [6.45, 7) is 2.00. The summed E-state index contributed by atoms with van der Waals surface area (Å²) in [5, 5.41) is 0. The van der Waals surface area contributed by atoms with Crippen LogP contribution in [0.2, 0.25) is 0 Å². The molecule has 0 atom stereocenters. The third kappa shape index (κ3) is 2.31. The van der Waals surface area contributed by atoms with Crippen LogP contribution in [0.5, 0.6) is 0 Å². The summed E-state index contributed by atoms with van der Waals surface area (Å²) in [6, 6.07) is 12.1. The molecule has 0 N–H and O–H groups in total. The zero-order valence-corrected chi connectivity index (χ0v) is 12.0. The van der Waals surface area contributed by atoms with Crippen LogP contribution in [-0.2, 0) is 0 Å². The number of hydrogen-bond donors (Lipinski definition) is 0. The Morgan fingerprint density at radius 2 is 1.95 bits per heavy atom. The van der Waals surface area contributed by atoms with Crippen molar-refractivity contribution in [3.8, 4) is 17.1 Å². The number of halogens is 1. The van der Waals surface area contributed by atoms with E-state index in [2.05, 4.69) is 42.6 Å². The summed E-state index contributed by atoms with van der Waals surface area (Å²) in [5.41, 5.74) is 3.11.